The van der Waals surface area contributed by atoms with Gasteiger partial charge in [-0.2, -0.15) is 0 Å². The molecule has 5 heteroatoms. The molecule has 18 heavy (non-hydrogen) atoms. The number of carboxylic acids is 1. The zero-order chi connectivity index (χ0) is 13.4. The molecule has 1 unspecified atom stereocenters. The summed E-state index contributed by atoms with van der Waals surface area (Å²) in [5.74, 6) is -1.04. The van der Waals surface area contributed by atoms with Gasteiger partial charge in [0.25, 0.3) is 0 Å². The first kappa shape index (κ1) is 14.5. The summed E-state index contributed by atoms with van der Waals surface area (Å²) in [4.78, 5) is 22.6. The van der Waals surface area contributed by atoms with E-state index in [9.17, 15) is 9.59 Å². The summed E-state index contributed by atoms with van der Waals surface area (Å²) in [5.41, 5.74) is 0. The largest absolute Gasteiger partial charge is 0.480 e. The molecule has 0 aromatic carbocycles. The molecule has 1 atom stereocenters. The molecule has 0 aromatic heterocycles. The summed E-state index contributed by atoms with van der Waals surface area (Å²) in [5, 5.41) is 14.2. The number of nitrogens with one attached hydrogen (secondary N) is 2. The predicted octanol–water partition coefficient (Wildman–Crippen LogP) is 2.04. The molecule has 1 aliphatic carbocycles. The second kappa shape index (κ2) is 7.74. The fourth-order valence-electron chi connectivity index (χ4n) is 2.20. The number of carbonyl (C=O) groups is 2. The fourth-order valence-corrected chi connectivity index (χ4v) is 2.20. The van der Waals surface area contributed by atoms with Crippen molar-refractivity contribution < 1.29 is 14.7 Å². The molecule has 1 saturated carbocycles. The maximum atomic E-state index is 11.7. The Morgan fingerprint density at radius 3 is 2.39 bits per heavy atom. The van der Waals surface area contributed by atoms with E-state index < -0.39 is 18.0 Å². The summed E-state index contributed by atoms with van der Waals surface area (Å²) in [7, 11) is 0. The molecule has 1 fully saturated rings. The smallest absolute Gasteiger partial charge is 0.326 e. The Bertz CT molecular complexity index is 297. The maximum absolute atomic E-state index is 11.7. The van der Waals surface area contributed by atoms with E-state index in [4.69, 9.17) is 5.11 Å². The van der Waals surface area contributed by atoms with Gasteiger partial charge in [0.2, 0.25) is 0 Å². The van der Waals surface area contributed by atoms with Crippen LogP contribution in [0.5, 0.6) is 0 Å². The van der Waals surface area contributed by atoms with Crippen LogP contribution in [-0.4, -0.2) is 29.2 Å². The van der Waals surface area contributed by atoms with Gasteiger partial charge in [-0.1, -0.05) is 31.8 Å². The molecule has 1 aliphatic rings. The van der Waals surface area contributed by atoms with Gasteiger partial charge in [0.1, 0.15) is 6.04 Å². The quantitative estimate of drug-likeness (QED) is 0.519. The van der Waals surface area contributed by atoms with Crippen molar-refractivity contribution in [1.29, 1.82) is 0 Å². The van der Waals surface area contributed by atoms with Gasteiger partial charge in [0, 0.05) is 6.04 Å². The fraction of sp³-hybridized carbons (Fsp3) is 0.692. The SMILES string of the molecule is C=CCC(NC(=O)NC1CCCCCC1)C(=O)O. The zero-order valence-corrected chi connectivity index (χ0v) is 10.7. The van der Waals surface area contributed by atoms with Crippen molar-refractivity contribution in [2.75, 3.05) is 0 Å². The lowest BCUT2D eigenvalue weighted by Crippen LogP contribution is -2.48. The van der Waals surface area contributed by atoms with Crippen LogP contribution < -0.4 is 10.6 Å². The molecule has 1 rings (SSSR count). The number of rotatable bonds is 5. The number of aliphatic carboxylic acids is 1. The molecule has 0 heterocycles. The van der Waals surface area contributed by atoms with Gasteiger partial charge in [-0.15, -0.1) is 6.58 Å². The van der Waals surface area contributed by atoms with Crippen LogP contribution in [0.1, 0.15) is 44.9 Å². The number of urea groups is 1. The van der Waals surface area contributed by atoms with Crippen molar-refractivity contribution in [1.82, 2.24) is 10.6 Å². The van der Waals surface area contributed by atoms with Gasteiger partial charge >= 0.3 is 12.0 Å². The molecular formula is C13H22N2O3. The van der Waals surface area contributed by atoms with Gasteiger partial charge in [-0.25, -0.2) is 9.59 Å². The van der Waals surface area contributed by atoms with Crippen LogP contribution in [0.3, 0.4) is 0 Å². The van der Waals surface area contributed by atoms with Crippen molar-refractivity contribution in [2.45, 2.75) is 57.0 Å². The number of hydrogen-bond acceptors (Lipinski definition) is 2. The first-order valence-corrected chi connectivity index (χ1v) is 6.54. The molecule has 2 amide bonds. The van der Waals surface area contributed by atoms with E-state index in [1.807, 2.05) is 0 Å². The van der Waals surface area contributed by atoms with Crippen LogP contribution in [0.15, 0.2) is 12.7 Å². The highest BCUT2D eigenvalue weighted by atomic mass is 16.4. The molecular weight excluding hydrogens is 232 g/mol. The van der Waals surface area contributed by atoms with Gasteiger partial charge in [-0.05, 0) is 19.3 Å². The van der Waals surface area contributed by atoms with E-state index in [0.717, 1.165) is 25.7 Å². The standard InChI is InChI=1S/C13H22N2O3/c1-2-7-11(12(16)17)15-13(18)14-10-8-5-3-4-6-9-10/h2,10-11H,1,3-9H2,(H,16,17)(H2,14,15,18). The molecule has 0 spiro atoms. The second-order valence-electron chi connectivity index (χ2n) is 4.72. The minimum atomic E-state index is -1.04. The number of carboxylic acid groups (broad SMARTS) is 1. The molecule has 102 valence electrons. The van der Waals surface area contributed by atoms with Gasteiger partial charge < -0.3 is 15.7 Å². The average Bonchev–Trinajstić information content (AvgIpc) is 2.57. The molecule has 0 aromatic rings. The highest BCUT2D eigenvalue weighted by molar-refractivity contribution is 5.82. The Morgan fingerprint density at radius 2 is 1.89 bits per heavy atom. The summed E-state index contributed by atoms with van der Waals surface area (Å²) < 4.78 is 0. The van der Waals surface area contributed by atoms with Crippen LogP contribution in [0.4, 0.5) is 4.79 Å². The third kappa shape index (κ3) is 5.21. The van der Waals surface area contributed by atoms with Gasteiger partial charge in [0.05, 0.1) is 0 Å². The van der Waals surface area contributed by atoms with E-state index >= 15 is 0 Å². The second-order valence-corrected chi connectivity index (χ2v) is 4.72. The zero-order valence-electron chi connectivity index (χ0n) is 10.7. The van der Waals surface area contributed by atoms with Crippen molar-refractivity contribution in [3.05, 3.63) is 12.7 Å². The molecule has 0 saturated heterocycles. The summed E-state index contributed by atoms with van der Waals surface area (Å²) in [6, 6.07) is -1.12. The van der Waals surface area contributed by atoms with E-state index in [2.05, 4.69) is 17.2 Å². The Balaban J connectivity index is 2.38. The Kier molecular flexibility index (Phi) is 6.25. The number of carbonyl (C=O) groups excluding carboxylic acids is 1. The normalized spacial score (nSPS) is 18.4. The Morgan fingerprint density at radius 1 is 1.28 bits per heavy atom. The lowest BCUT2D eigenvalue weighted by atomic mass is 10.1. The Labute approximate surface area is 108 Å². The highest BCUT2D eigenvalue weighted by Crippen LogP contribution is 2.17. The van der Waals surface area contributed by atoms with Crippen molar-refractivity contribution >= 4 is 12.0 Å². The van der Waals surface area contributed by atoms with Gasteiger partial charge in [0.15, 0.2) is 0 Å². The maximum Gasteiger partial charge on any atom is 0.326 e. The number of amides is 2. The van der Waals surface area contributed by atoms with Crippen LogP contribution >= 0.6 is 0 Å². The molecule has 0 aliphatic heterocycles. The Hall–Kier alpha value is -1.52. The van der Waals surface area contributed by atoms with Gasteiger partial charge in [-0.3, -0.25) is 0 Å². The predicted molar refractivity (Wildman–Crippen MR) is 69.4 cm³/mol. The average molecular weight is 254 g/mol. The number of hydrogen-bond donors (Lipinski definition) is 3. The van der Waals surface area contributed by atoms with Crippen LogP contribution in [0.2, 0.25) is 0 Å². The molecule has 5 nitrogen and oxygen atoms in total. The summed E-state index contributed by atoms with van der Waals surface area (Å²) in [6.07, 6.45) is 8.36. The highest BCUT2D eigenvalue weighted by Gasteiger charge is 2.20. The molecule has 3 N–H and O–H groups in total. The van der Waals surface area contributed by atoms with E-state index in [0.29, 0.717) is 0 Å². The summed E-state index contributed by atoms with van der Waals surface area (Å²) in [6.45, 7) is 3.48. The minimum Gasteiger partial charge on any atom is -0.480 e. The van der Waals surface area contributed by atoms with Crippen LogP contribution in [0.25, 0.3) is 0 Å². The monoisotopic (exact) mass is 254 g/mol. The summed E-state index contributed by atoms with van der Waals surface area (Å²) >= 11 is 0. The first-order chi connectivity index (χ1) is 8.63. The van der Waals surface area contributed by atoms with E-state index in [1.165, 1.54) is 18.9 Å². The third-order valence-electron chi connectivity index (χ3n) is 3.20. The molecule has 0 bridgehead atoms. The van der Waals surface area contributed by atoms with Crippen molar-refractivity contribution in [3.63, 3.8) is 0 Å². The van der Waals surface area contributed by atoms with E-state index in [-0.39, 0.29) is 12.5 Å². The minimum absolute atomic E-state index is 0.172. The molecule has 0 radical (unpaired) electrons. The lowest BCUT2D eigenvalue weighted by molar-refractivity contribution is -0.139. The first-order valence-electron chi connectivity index (χ1n) is 6.54. The van der Waals surface area contributed by atoms with Crippen molar-refractivity contribution in [3.8, 4) is 0 Å². The third-order valence-corrected chi connectivity index (χ3v) is 3.20. The van der Waals surface area contributed by atoms with E-state index in [1.54, 1.807) is 0 Å². The van der Waals surface area contributed by atoms with Crippen LogP contribution in [-0.2, 0) is 4.79 Å². The topological polar surface area (TPSA) is 78.4 Å². The van der Waals surface area contributed by atoms with Crippen LogP contribution in [0, 0.1) is 0 Å². The van der Waals surface area contributed by atoms with Crippen molar-refractivity contribution in [2.24, 2.45) is 0 Å². The lowest BCUT2D eigenvalue weighted by Gasteiger charge is -2.19.